The first kappa shape index (κ1) is 24.8. The fourth-order valence-corrected chi connectivity index (χ4v) is 5.74. The first-order valence-electron chi connectivity index (χ1n) is 9.15. The van der Waals surface area contributed by atoms with E-state index in [1.807, 2.05) is 6.92 Å². The fourth-order valence-electron chi connectivity index (χ4n) is 2.82. The van der Waals surface area contributed by atoms with Crippen molar-refractivity contribution in [3.8, 4) is 5.75 Å². The van der Waals surface area contributed by atoms with Crippen LogP contribution >= 0.6 is 34.9 Å². The van der Waals surface area contributed by atoms with E-state index in [1.165, 1.54) is 18.2 Å². The van der Waals surface area contributed by atoms with Gasteiger partial charge in [-0.2, -0.15) is 8.78 Å². The number of hydrogen-bond acceptors (Lipinski definition) is 5. The molecular formula is C20H19BrF2NO6PS. The highest BCUT2D eigenvalue weighted by Gasteiger charge is 2.53. The van der Waals surface area contributed by atoms with E-state index >= 15 is 0 Å². The van der Waals surface area contributed by atoms with Crippen LogP contribution in [0.15, 0.2) is 40.9 Å². The van der Waals surface area contributed by atoms with Crippen molar-refractivity contribution in [2.45, 2.75) is 12.6 Å². The van der Waals surface area contributed by atoms with Gasteiger partial charge in [0.2, 0.25) is 0 Å². The van der Waals surface area contributed by atoms with Crippen LogP contribution in [0.2, 0.25) is 0 Å². The van der Waals surface area contributed by atoms with Crippen LogP contribution in [-0.4, -0.2) is 36.0 Å². The zero-order chi connectivity index (χ0) is 23.7. The molecule has 0 saturated carbocycles. The van der Waals surface area contributed by atoms with Crippen molar-refractivity contribution in [1.82, 2.24) is 0 Å². The third-order valence-corrected chi connectivity index (χ3v) is 7.89. The standard InChI is InChI=1S/C20H19BrF2NO6PS/c1-11-3-5-14(15(9-11)30-8-7-29-2)24-19(25)12-4-6-16-13(10-12)17(21)18(32-16)20(22,23)31(26,27)28/h3-6,9-10H,7-8H2,1-2H3,(H,24,25)(H2,26,27,28). The molecule has 0 atom stereocenters. The number of carbonyl (C=O) groups excluding carboxylic acids is 1. The average Bonchev–Trinajstić information content (AvgIpc) is 3.06. The highest BCUT2D eigenvalue weighted by Crippen LogP contribution is 2.62. The lowest BCUT2D eigenvalue weighted by Crippen LogP contribution is -2.14. The summed E-state index contributed by atoms with van der Waals surface area (Å²) in [6, 6.07) is 9.52. The molecule has 3 rings (SSSR count). The summed E-state index contributed by atoms with van der Waals surface area (Å²) >= 11 is 3.55. The monoisotopic (exact) mass is 549 g/mol. The predicted octanol–water partition coefficient (Wildman–Crippen LogP) is 5.48. The Morgan fingerprint density at radius 2 is 1.94 bits per heavy atom. The molecule has 3 aromatic rings. The second kappa shape index (κ2) is 9.54. The van der Waals surface area contributed by atoms with E-state index in [2.05, 4.69) is 21.2 Å². The van der Waals surface area contributed by atoms with Gasteiger partial charge in [-0.1, -0.05) is 6.07 Å². The number of alkyl halides is 2. The fraction of sp³-hybridized carbons (Fsp3) is 0.250. The SMILES string of the molecule is COCCOc1cc(C)ccc1NC(=O)c1ccc2sc(C(F)(F)P(=O)(O)O)c(Br)c2c1. The summed E-state index contributed by atoms with van der Waals surface area (Å²) in [5.41, 5.74) is -2.83. The summed E-state index contributed by atoms with van der Waals surface area (Å²) in [6.45, 7) is 2.53. The van der Waals surface area contributed by atoms with E-state index in [4.69, 9.17) is 19.3 Å². The summed E-state index contributed by atoms with van der Waals surface area (Å²) in [6.07, 6.45) is 0. The summed E-state index contributed by atoms with van der Waals surface area (Å²) in [5.74, 6) is -0.0505. The number of methoxy groups -OCH3 is 1. The quantitative estimate of drug-likeness (QED) is 0.254. The molecule has 2 aromatic carbocycles. The van der Waals surface area contributed by atoms with Crippen LogP contribution in [0.1, 0.15) is 20.8 Å². The molecule has 172 valence electrons. The number of fused-ring (bicyclic) bond motifs is 1. The lowest BCUT2D eigenvalue weighted by atomic mass is 10.1. The molecule has 0 radical (unpaired) electrons. The molecule has 0 aliphatic heterocycles. The number of rotatable bonds is 8. The minimum absolute atomic E-state index is 0.167. The first-order valence-corrected chi connectivity index (χ1v) is 12.4. The number of amides is 1. The number of thiophene rings is 1. The molecule has 0 bridgehead atoms. The van der Waals surface area contributed by atoms with Crippen molar-refractivity contribution in [3.05, 3.63) is 56.9 Å². The normalized spacial score (nSPS) is 12.2. The number of hydrogen-bond donors (Lipinski definition) is 3. The second-order valence-corrected chi connectivity index (χ2v) is 10.3. The van der Waals surface area contributed by atoms with Gasteiger partial charge in [-0.05, 0) is 58.7 Å². The number of benzene rings is 2. The molecule has 0 saturated heterocycles. The Hall–Kier alpha value is -1.88. The summed E-state index contributed by atoms with van der Waals surface area (Å²) < 4.78 is 50.5. The van der Waals surface area contributed by atoms with Crippen LogP contribution in [0.3, 0.4) is 0 Å². The Morgan fingerprint density at radius 3 is 2.59 bits per heavy atom. The van der Waals surface area contributed by atoms with E-state index in [0.29, 0.717) is 34.1 Å². The summed E-state index contributed by atoms with van der Waals surface area (Å²) in [4.78, 5) is 30.1. The van der Waals surface area contributed by atoms with Crippen LogP contribution in [0, 0.1) is 6.92 Å². The number of nitrogens with one attached hydrogen (secondary N) is 1. The van der Waals surface area contributed by atoms with Crippen LogP contribution < -0.4 is 10.1 Å². The minimum Gasteiger partial charge on any atom is -0.489 e. The van der Waals surface area contributed by atoms with E-state index in [-0.39, 0.29) is 22.0 Å². The highest BCUT2D eigenvalue weighted by atomic mass is 79.9. The van der Waals surface area contributed by atoms with E-state index in [0.717, 1.165) is 5.56 Å². The van der Waals surface area contributed by atoms with Crippen molar-refractivity contribution in [2.24, 2.45) is 0 Å². The van der Waals surface area contributed by atoms with Crippen molar-refractivity contribution >= 4 is 56.5 Å². The van der Waals surface area contributed by atoms with Gasteiger partial charge in [-0.15, -0.1) is 11.3 Å². The Kier molecular flexibility index (Phi) is 7.38. The highest BCUT2D eigenvalue weighted by molar-refractivity contribution is 9.10. The van der Waals surface area contributed by atoms with Gasteiger partial charge in [0.15, 0.2) is 0 Å². The van der Waals surface area contributed by atoms with Gasteiger partial charge in [0.1, 0.15) is 17.2 Å². The van der Waals surface area contributed by atoms with Gasteiger partial charge in [0, 0.05) is 27.2 Å². The molecule has 3 N–H and O–H groups in total. The smallest absolute Gasteiger partial charge is 0.400 e. The molecule has 0 unspecified atom stereocenters. The number of anilines is 1. The molecule has 1 aromatic heterocycles. The zero-order valence-electron chi connectivity index (χ0n) is 16.9. The molecule has 32 heavy (non-hydrogen) atoms. The lowest BCUT2D eigenvalue weighted by Gasteiger charge is -2.16. The third-order valence-electron chi connectivity index (χ3n) is 4.46. The van der Waals surface area contributed by atoms with Gasteiger partial charge in [0.25, 0.3) is 5.91 Å². The Morgan fingerprint density at radius 1 is 1.22 bits per heavy atom. The number of ether oxygens (including phenoxy) is 2. The third kappa shape index (κ3) is 5.03. The molecule has 0 spiro atoms. The Labute approximate surface area is 194 Å². The van der Waals surface area contributed by atoms with Crippen molar-refractivity contribution < 1.29 is 37.4 Å². The Bertz CT molecular complexity index is 1210. The largest absolute Gasteiger partial charge is 0.489 e. The molecule has 1 amide bonds. The molecular weight excluding hydrogens is 531 g/mol. The van der Waals surface area contributed by atoms with Crippen LogP contribution in [-0.2, 0) is 15.0 Å². The molecule has 0 aliphatic carbocycles. The van der Waals surface area contributed by atoms with E-state index in [9.17, 15) is 18.1 Å². The topological polar surface area (TPSA) is 105 Å². The van der Waals surface area contributed by atoms with Gasteiger partial charge < -0.3 is 24.6 Å². The number of carbonyl (C=O) groups is 1. The molecule has 12 heteroatoms. The predicted molar refractivity (Wildman–Crippen MR) is 122 cm³/mol. The lowest BCUT2D eigenvalue weighted by molar-refractivity contribution is 0.0595. The number of halogens is 3. The minimum atomic E-state index is -5.73. The Balaban J connectivity index is 1.92. The van der Waals surface area contributed by atoms with Gasteiger partial charge in [0.05, 0.1) is 12.3 Å². The maximum Gasteiger partial charge on any atom is 0.400 e. The average molecular weight is 550 g/mol. The van der Waals surface area contributed by atoms with Gasteiger partial charge in [-0.3, -0.25) is 9.36 Å². The van der Waals surface area contributed by atoms with E-state index in [1.54, 1.807) is 25.3 Å². The van der Waals surface area contributed by atoms with E-state index < -0.39 is 24.0 Å². The zero-order valence-corrected chi connectivity index (χ0v) is 20.2. The van der Waals surface area contributed by atoms with Crippen LogP contribution in [0.25, 0.3) is 10.1 Å². The second-order valence-electron chi connectivity index (χ2n) is 6.84. The molecule has 7 nitrogen and oxygen atoms in total. The van der Waals surface area contributed by atoms with Crippen molar-refractivity contribution in [2.75, 3.05) is 25.6 Å². The van der Waals surface area contributed by atoms with Crippen molar-refractivity contribution in [3.63, 3.8) is 0 Å². The maximum absolute atomic E-state index is 14.2. The van der Waals surface area contributed by atoms with Gasteiger partial charge in [-0.25, -0.2) is 0 Å². The molecule has 0 fully saturated rings. The van der Waals surface area contributed by atoms with Crippen LogP contribution in [0.5, 0.6) is 5.75 Å². The summed E-state index contributed by atoms with van der Waals surface area (Å²) in [5, 5.41) is 2.98. The molecule has 1 heterocycles. The first-order chi connectivity index (χ1) is 15.0. The summed E-state index contributed by atoms with van der Waals surface area (Å²) in [7, 11) is -4.18. The number of aryl methyl sites for hydroxylation is 1. The van der Waals surface area contributed by atoms with Gasteiger partial charge >= 0.3 is 13.3 Å². The van der Waals surface area contributed by atoms with Crippen molar-refractivity contribution in [1.29, 1.82) is 0 Å². The molecule has 0 aliphatic rings. The van der Waals surface area contributed by atoms with Crippen LogP contribution in [0.4, 0.5) is 14.5 Å². The maximum atomic E-state index is 14.2.